The van der Waals surface area contributed by atoms with E-state index in [1.807, 2.05) is 6.92 Å². The number of carbonyl (C=O) groups excluding carboxylic acids is 1. The van der Waals surface area contributed by atoms with E-state index >= 15 is 0 Å². The van der Waals surface area contributed by atoms with Gasteiger partial charge in [0.15, 0.2) is 0 Å². The lowest BCUT2D eigenvalue weighted by Gasteiger charge is -2.32. The van der Waals surface area contributed by atoms with E-state index in [-0.39, 0.29) is 28.8 Å². The lowest BCUT2D eigenvalue weighted by molar-refractivity contribution is -0.126. The third-order valence-corrected chi connectivity index (χ3v) is 3.74. The summed E-state index contributed by atoms with van der Waals surface area (Å²) in [5.74, 6) is -0.587. The van der Waals surface area contributed by atoms with Crippen molar-refractivity contribution in [2.75, 3.05) is 18.4 Å². The van der Waals surface area contributed by atoms with Gasteiger partial charge in [0, 0.05) is 11.1 Å². The van der Waals surface area contributed by atoms with Crippen LogP contribution in [-0.4, -0.2) is 19.0 Å². The minimum atomic E-state index is -0.523. The Morgan fingerprint density at radius 1 is 1.42 bits per heavy atom. The summed E-state index contributed by atoms with van der Waals surface area (Å²) in [6.07, 6.45) is 1.57. The van der Waals surface area contributed by atoms with Crippen molar-refractivity contribution < 1.29 is 9.18 Å². The van der Waals surface area contributed by atoms with E-state index in [0.29, 0.717) is 5.69 Å². The van der Waals surface area contributed by atoms with Crippen molar-refractivity contribution in [1.82, 2.24) is 5.32 Å². The largest absolute Gasteiger partial charge is 0.326 e. The maximum absolute atomic E-state index is 13.3. The van der Waals surface area contributed by atoms with Crippen molar-refractivity contribution in [2.24, 2.45) is 5.41 Å². The smallest absolute Gasteiger partial charge is 0.230 e. The molecular formula is C13H17Cl2FN2O. The van der Waals surface area contributed by atoms with E-state index in [0.717, 1.165) is 25.9 Å². The monoisotopic (exact) mass is 306 g/mol. The molecule has 19 heavy (non-hydrogen) atoms. The van der Waals surface area contributed by atoms with Crippen LogP contribution in [0.25, 0.3) is 0 Å². The second-order valence-corrected chi connectivity index (χ2v) is 5.30. The minimum Gasteiger partial charge on any atom is -0.326 e. The number of amides is 1. The molecule has 3 nitrogen and oxygen atoms in total. The first-order chi connectivity index (χ1) is 8.51. The number of benzene rings is 1. The fourth-order valence-electron chi connectivity index (χ4n) is 2.06. The Labute approximate surface area is 123 Å². The van der Waals surface area contributed by atoms with Gasteiger partial charge in [0.05, 0.1) is 5.02 Å². The number of hydrogen-bond donors (Lipinski definition) is 2. The summed E-state index contributed by atoms with van der Waals surface area (Å²) < 4.78 is 13.3. The second-order valence-electron chi connectivity index (χ2n) is 4.89. The van der Waals surface area contributed by atoms with Crippen molar-refractivity contribution in [3.63, 3.8) is 0 Å². The van der Waals surface area contributed by atoms with Gasteiger partial charge in [-0.25, -0.2) is 4.39 Å². The predicted octanol–water partition coefficient (Wildman–Crippen LogP) is 3.23. The molecule has 0 aromatic heterocycles. The molecule has 6 heteroatoms. The van der Waals surface area contributed by atoms with E-state index in [1.165, 1.54) is 12.1 Å². The summed E-state index contributed by atoms with van der Waals surface area (Å²) in [4.78, 5) is 12.2. The molecule has 0 unspecified atom stereocenters. The number of anilines is 1. The zero-order chi connectivity index (χ0) is 13.2. The number of carbonyl (C=O) groups is 1. The van der Waals surface area contributed by atoms with Gasteiger partial charge in [-0.1, -0.05) is 18.5 Å². The van der Waals surface area contributed by atoms with Crippen LogP contribution in [-0.2, 0) is 4.79 Å². The molecule has 0 atom stereocenters. The van der Waals surface area contributed by atoms with E-state index in [9.17, 15) is 9.18 Å². The Kier molecular flexibility index (Phi) is 5.59. The molecule has 1 heterocycles. The summed E-state index contributed by atoms with van der Waals surface area (Å²) in [6, 6.07) is 4.29. The van der Waals surface area contributed by atoms with Crippen LogP contribution < -0.4 is 10.6 Å². The van der Waals surface area contributed by atoms with Gasteiger partial charge in [-0.3, -0.25) is 4.79 Å². The first-order valence-corrected chi connectivity index (χ1v) is 6.36. The van der Waals surface area contributed by atoms with Crippen LogP contribution in [0.5, 0.6) is 0 Å². The summed E-state index contributed by atoms with van der Waals surface area (Å²) >= 11 is 5.60. The SMILES string of the molecule is CC1(C(=O)Nc2ccc(Cl)c(F)c2)CCNCC1.Cl. The van der Waals surface area contributed by atoms with Crippen LogP contribution in [0.2, 0.25) is 5.02 Å². The minimum absolute atomic E-state index is 0. The van der Waals surface area contributed by atoms with Crippen molar-refractivity contribution >= 4 is 35.6 Å². The maximum Gasteiger partial charge on any atom is 0.230 e. The highest BCUT2D eigenvalue weighted by Gasteiger charge is 2.34. The molecule has 2 N–H and O–H groups in total. The molecule has 1 saturated heterocycles. The molecule has 1 fully saturated rings. The molecule has 0 spiro atoms. The van der Waals surface area contributed by atoms with Gasteiger partial charge >= 0.3 is 0 Å². The quantitative estimate of drug-likeness (QED) is 0.881. The highest BCUT2D eigenvalue weighted by Crippen LogP contribution is 2.30. The van der Waals surface area contributed by atoms with E-state index in [4.69, 9.17) is 11.6 Å². The average Bonchev–Trinajstić information content (AvgIpc) is 2.35. The summed E-state index contributed by atoms with van der Waals surface area (Å²) in [5, 5.41) is 6.03. The summed E-state index contributed by atoms with van der Waals surface area (Å²) in [5.41, 5.74) is 0.0584. The standard InChI is InChI=1S/C13H16ClFN2O.ClH/c1-13(4-6-16-7-5-13)12(18)17-9-2-3-10(14)11(15)8-9;/h2-3,8,16H,4-7H2,1H3,(H,17,18);1H. The van der Waals surface area contributed by atoms with Crippen molar-refractivity contribution in [2.45, 2.75) is 19.8 Å². The number of piperidine rings is 1. The molecule has 1 aliphatic rings. The predicted molar refractivity (Wildman–Crippen MR) is 77.5 cm³/mol. The van der Waals surface area contributed by atoms with Crippen molar-refractivity contribution in [3.8, 4) is 0 Å². The fraction of sp³-hybridized carbons (Fsp3) is 0.462. The van der Waals surface area contributed by atoms with E-state index in [1.54, 1.807) is 6.07 Å². The van der Waals surface area contributed by atoms with Gasteiger partial charge in [0.2, 0.25) is 5.91 Å². The van der Waals surface area contributed by atoms with Gasteiger partial charge in [-0.05, 0) is 44.1 Å². The number of halogens is 3. The Hall–Kier alpha value is -0.840. The average molecular weight is 307 g/mol. The molecule has 1 aliphatic heterocycles. The Morgan fingerprint density at radius 3 is 2.63 bits per heavy atom. The summed E-state index contributed by atoms with van der Waals surface area (Å²) in [6.45, 7) is 3.60. The van der Waals surface area contributed by atoms with Gasteiger partial charge in [-0.2, -0.15) is 0 Å². The lowest BCUT2D eigenvalue weighted by Crippen LogP contribution is -2.42. The van der Waals surface area contributed by atoms with Crippen LogP contribution >= 0.6 is 24.0 Å². The van der Waals surface area contributed by atoms with Crippen molar-refractivity contribution in [1.29, 1.82) is 0 Å². The Morgan fingerprint density at radius 2 is 2.05 bits per heavy atom. The Bertz CT molecular complexity index is 462. The first kappa shape index (κ1) is 16.2. The van der Waals surface area contributed by atoms with Crippen LogP contribution in [0, 0.1) is 11.2 Å². The fourth-order valence-corrected chi connectivity index (χ4v) is 2.18. The maximum atomic E-state index is 13.3. The molecule has 1 aromatic rings. The lowest BCUT2D eigenvalue weighted by atomic mass is 9.80. The summed E-state index contributed by atoms with van der Waals surface area (Å²) in [7, 11) is 0. The van der Waals surface area contributed by atoms with Gasteiger partial charge in [0.1, 0.15) is 5.82 Å². The molecule has 0 saturated carbocycles. The highest BCUT2D eigenvalue weighted by atomic mass is 35.5. The molecular weight excluding hydrogens is 290 g/mol. The Balaban J connectivity index is 0.00000180. The third-order valence-electron chi connectivity index (χ3n) is 3.43. The molecule has 106 valence electrons. The second kappa shape index (κ2) is 6.55. The molecule has 2 rings (SSSR count). The van der Waals surface area contributed by atoms with Crippen LogP contribution in [0.15, 0.2) is 18.2 Å². The first-order valence-electron chi connectivity index (χ1n) is 5.98. The van der Waals surface area contributed by atoms with E-state index < -0.39 is 5.82 Å². The van der Waals surface area contributed by atoms with Gasteiger partial charge in [-0.15, -0.1) is 12.4 Å². The molecule has 0 aliphatic carbocycles. The highest BCUT2D eigenvalue weighted by molar-refractivity contribution is 6.30. The van der Waals surface area contributed by atoms with Gasteiger partial charge < -0.3 is 10.6 Å². The van der Waals surface area contributed by atoms with Crippen LogP contribution in [0.1, 0.15) is 19.8 Å². The third kappa shape index (κ3) is 3.81. The number of rotatable bonds is 2. The molecule has 0 bridgehead atoms. The topological polar surface area (TPSA) is 41.1 Å². The number of hydrogen-bond acceptors (Lipinski definition) is 2. The normalized spacial score (nSPS) is 17.4. The van der Waals surface area contributed by atoms with E-state index in [2.05, 4.69) is 10.6 Å². The zero-order valence-electron chi connectivity index (χ0n) is 10.6. The number of nitrogens with one attached hydrogen (secondary N) is 2. The van der Waals surface area contributed by atoms with Gasteiger partial charge in [0.25, 0.3) is 0 Å². The van der Waals surface area contributed by atoms with Crippen LogP contribution in [0.3, 0.4) is 0 Å². The van der Waals surface area contributed by atoms with Crippen LogP contribution in [0.4, 0.5) is 10.1 Å². The molecule has 1 aromatic carbocycles. The molecule has 0 radical (unpaired) electrons. The zero-order valence-corrected chi connectivity index (χ0v) is 12.2. The molecule has 1 amide bonds. The van der Waals surface area contributed by atoms with Crippen molar-refractivity contribution in [3.05, 3.63) is 29.0 Å².